The van der Waals surface area contributed by atoms with E-state index in [1.54, 1.807) is 19.1 Å². The van der Waals surface area contributed by atoms with E-state index in [9.17, 15) is 14.9 Å². The standard InChI is InChI=1S/C24H22N4O5/c1-4-33-22-13-17(20(28(30)31)14-21(22)32-3)24(29)25-16-11-9-15(10-12-16)23-26-18-7-5-6-8-19(18)27(23)2/h5-14H,4H2,1-3H3,(H,25,29). The van der Waals surface area contributed by atoms with Crippen LogP contribution in [0.4, 0.5) is 11.4 Å². The van der Waals surface area contributed by atoms with Gasteiger partial charge in [0.05, 0.1) is 35.7 Å². The van der Waals surface area contributed by atoms with Gasteiger partial charge in [0, 0.05) is 24.4 Å². The molecule has 0 radical (unpaired) electrons. The van der Waals surface area contributed by atoms with Crippen LogP contribution in [0.5, 0.6) is 11.5 Å². The first kappa shape index (κ1) is 21.8. The van der Waals surface area contributed by atoms with Crippen LogP contribution in [0.3, 0.4) is 0 Å². The first-order valence-corrected chi connectivity index (χ1v) is 10.3. The normalized spacial score (nSPS) is 10.8. The lowest BCUT2D eigenvalue weighted by molar-refractivity contribution is -0.385. The van der Waals surface area contributed by atoms with Crippen molar-refractivity contribution < 1.29 is 19.2 Å². The minimum Gasteiger partial charge on any atom is -0.493 e. The van der Waals surface area contributed by atoms with E-state index in [4.69, 9.17) is 9.47 Å². The summed E-state index contributed by atoms with van der Waals surface area (Å²) < 4.78 is 12.6. The number of aryl methyl sites for hydroxylation is 1. The molecule has 0 aliphatic heterocycles. The Balaban J connectivity index is 1.62. The van der Waals surface area contributed by atoms with Gasteiger partial charge >= 0.3 is 0 Å². The number of nitrogens with one attached hydrogen (secondary N) is 1. The number of ether oxygens (including phenoxy) is 2. The molecule has 33 heavy (non-hydrogen) atoms. The summed E-state index contributed by atoms with van der Waals surface area (Å²) >= 11 is 0. The number of amides is 1. The second-order valence-electron chi connectivity index (χ2n) is 7.22. The van der Waals surface area contributed by atoms with Crippen molar-refractivity contribution in [1.82, 2.24) is 9.55 Å². The lowest BCUT2D eigenvalue weighted by Gasteiger charge is -2.12. The molecule has 0 saturated carbocycles. The van der Waals surface area contributed by atoms with Crippen LogP contribution < -0.4 is 14.8 Å². The molecule has 0 atom stereocenters. The number of anilines is 1. The summed E-state index contributed by atoms with van der Waals surface area (Å²) in [6.07, 6.45) is 0. The molecule has 1 aromatic heterocycles. The third-order valence-electron chi connectivity index (χ3n) is 5.21. The van der Waals surface area contributed by atoms with E-state index in [1.165, 1.54) is 19.2 Å². The van der Waals surface area contributed by atoms with Crippen LogP contribution in [-0.2, 0) is 7.05 Å². The van der Waals surface area contributed by atoms with Gasteiger partial charge in [0.1, 0.15) is 11.4 Å². The number of aromatic nitrogens is 2. The highest BCUT2D eigenvalue weighted by Gasteiger charge is 2.25. The molecule has 0 aliphatic rings. The van der Waals surface area contributed by atoms with Crippen LogP contribution in [0.15, 0.2) is 60.7 Å². The van der Waals surface area contributed by atoms with Crippen molar-refractivity contribution in [3.63, 3.8) is 0 Å². The van der Waals surface area contributed by atoms with Gasteiger partial charge in [-0.1, -0.05) is 12.1 Å². The van der Waals surface area contributed by atoms with Crippen LogP contribution in [0.1, 0.15) is 17.3 Å². The van der Waals surface area contributed by atoms with E-state index in [0.29, 0.717) is 12.3 Å². The molecular weight excluding hydrogens is 424 g/mol. The summed E-state index contributed by atoms with van der Waals surface area (Å²) in [7, 11) is 3.33. The van der Waals surface area contributed by atoms with Gasteiger partial charge in [-0.3, -0.25) is 14.9 Å². The lowest BCUT2D eigenvalue weighted by Crippen LogP contribution is -2.14. The number of hydrogen-bond donors (Lipinski definition) is 1. The van der Waals surface area contributed by atoms with E-state index in [1.807, 2.05) is 48.0 Å². The highest BCUT2D eigenvalue weighted by atomic mass is 16.6. The number of methoxy groups -OCH3 is 1. The van der Waals surface area contributed by atoms with Gasteiger partial charge in [-0.2, -0.15) is 0 Å². The largest absolute Gasteiger partial charge is 0.493 e. The summed E-state index contributed by atoms with van der Waals surface area (Å²) in [5.74, 6) is 0.613. The topological polar surface area (TPSA) is 109 Å². The average molecular weight is 446 g/mol. The van der Waals surface area contributed by atoms with Gasteiger partial charge in [0.2, 0.25) is 0 Å². The van der Waals surface area contributed by atoms with Crippen LogP contribution in [0, 0.1) is 10.1 Å². The maximum Gasteiger partial charge on any atom is 0.286 e. The smallest absolute Gasteiger partial charge is 0.286 e. The molecule has 0 saturated heterocycles. The predicted octanol–water partition coefficient (Wildman–Crippen LogP) is 4.81. The molecule has 0 aliphatic carbocycles. The van der Waals surface area contributed by atoms with Crippen LogP contribution in [0.2, 0.25) is 0 Å². The number of imidazole rings is 1. The second kappa shape index (κ2) is 8.99. The molecule has 0 bridgehead atoms. The quantitative estimate of drug-likeness (QED) is 0.322. The summed E-state index contributed by atoms with van der Waals surface area (Å²) in [5, 5.41) is 14.3. The van der Waals surface area contributed by atoms with Gasteiger partial charge in [0.25, 0.3) is 11.6 Å². The van der Waals surface area contributed by atoms with Gasteiger partial charge in [-0.15, -0.1) is 0 Å². The molecule has 4 rings (SSSR count). The molecule has 9 heteroatoms. The Morgan fingerprint density at radius 1 is 1.12 bits per heavy atom. The summed E-state index contributed by atoms with van der Waals surface area (Å²) in [5.41, 5.74) is 2.78. The molecule has 1 N–H and O–H groups in total. The number of nitrogens with zero attached hydrogens (tertiary/aromatic N) is 3. The van der Waals surface area contributed by atoms with E-state index < -0.39 is 10.8 Å². The summed E-state index contributed by atoms with van der Waals surface area (Å²) in [6.45, 7) is 2.09. The number of rotatable bonds is 7. The molecule has 0 unspecified atom stereocenters. The Labute approximate surface area is 189 Å². The van der Waals surface area contributed by atoms with Crippen molar-refractivity contribution in [2.75, 3.05) is 19.0 Å². The molecule has 9 nitrogen and oxygen atoms in total. The number of carbonyl (C=O) groups is 1. The van der Waals surface area contributed by atoms with Crippen LogP contribution in [-0.4, -0.2) is 34.1 Å². The van der Waals surface area contributed by atoms with Gasteiger partial charge in [-0.05, 0) is 43.3 Å². The predicted molar refractivity (Wildman–Crippen MR) is 125 cm³/mol. The Kier molecular flexibility index (Phi) is 5.95. The molecule has 4 aromatic rings. The second-order valence-corrected chi connectivity index (χ2v) is 7.22. The highest BCUT2D eigenvalue weighted by molar-refractivity contribution is 6.07. The van der Waals surface area contributed by atoms with Crippen molar-refractivity contribution >= 4 is 28.3 Å². The van der Waals surface area contributed by atoms with Gasteiger partial charge in [0.15, 0.2) is 11.5 Å². The zero-order chi connectivity index (χ0) is 23.5. The van der Waals surface area contributed by atoms with Crippen LogP contribution in [0.25, 0.3) is 22.4 Å². The molecule has 168 valence electrons. The van der Waals surface area contributed by atoms with Gasteiger partial charge < -0.3 is 19.4 Å². The lowest BCUT2D eigenvalue weighted by atomic mass is 10.1. The number of carbonyl (C=O) groups excluding carboxylic acids is 1. The van der Waals surface area contributed by atoms with E-state index in [2.05, 4.69) is 10.3 Å². The molecule has 1 amide bonds. The van der Waals surface area contributed by atoms with Crippen molar-refractivity contribution in [3.8, 4) is 22.9 Å². The number of fused-ring (bicyclic) bond motifs is 1. The number of para-hydroxylation sites is 2. The number of nitro benzene ring substituents is 1. The Morgan fingerprint density at radius 2 is 1.85 bits per heavy atom. The molecule has 0 spiro atoms. The fraction of sp³-hybridized carbons (Fsp3) is 0.167. The van der Waals surface area contributed by atoms with Crippen molar-refractivity contribution in [1.29, 1.82) is 0 Å². The first-order chi connectivity index (χ1) is 15.9. The molecular formula is C24H22N4O5. The zero-order valence-electron chi connectivity index (χ0n) is 18.4. The minimum absolute atomic E-state index is 0.122. The third kappa shape index (κ3) is 4.20. The Bertz CT molecular complexity index is 1350. The molecule has 0 fully saturated rings. The summed E-state index contributed by atoms with van der Waals surface area (Å²) in [4.78, 5) is 28.5. The summed E-state index contributed by atoms with van der Waals surface area (Å²) in [6, 6.07) is 17.5. The van der Waals surface area contributed by atoms with Crippen molar-refractivity contribution in [2.24, 2.45) is 7.05 Å². The van der Waals surface area contributed by atoms with Crippen molar-refractivity contribution in [2.45, 2.75) is 6.92 Å². The Morgan fingerprint density at radius 3 is 2.48 bits per heavy atom. The zero-order valence-corrected chi connectivity index (χ0v) is 18.4. The fourth-order valence-corrected chi connectivity index (χ4v) is 3.61. The first-order valence-electron chi connectivity index (χ1n) is 10.3. The van der Waals surface area contributed by atoms with E-state index >= 15 is 0 Å². The number of hydrogen-bond acceptors (Lipinski definition) is 6. The third-order valence-corrected chi connectivity index (χ3v) is 5.21. The SMILES string of the molecule is CCOc1cc(C(=O)Nc2ccc(-c3nc4ccccc4n3C)cc2)c([N+](=O)[O-])cc1OC. The van der Waals surface area contributed by atoms with Crippen LogP contribution >= 0.6 is 0 Å². The van der Waals surface area contributed by atoms with Crippen molar-refractivity contribution in [3.05, 3.63) is 76.3 Å². The highest BCUT2D eigenvalue weighted by Crippen LogP contribution is 2.35. The number of benzene rings is 3. The maximum absolute atomic E-state index is 12.9. The minimum atomic E-state index is -0.624. The number of nitro groups is 1. The van der Waals surface area contributed by atoms with Gasteiger partial charge in [-0.25, -0.2) is 4.98 Å². The average Bonchev–Trinajstić information content (AvgIpc) is 3.16. The Hall–Kier alpha value is -4.40. The van der Waals surface area contributed by atoms with E-state index in [-0.39, 0.29) is 22.7 Å². The maximum atomic E-state index is 12.9. The van der Waals surface area contributed by atoms with E-state index in [0.717, 1.165) is 22.4 Å². The fourth-order valence-electron chi connectivity index (χ4n) is 3.61. The molecule has 1 heterocycles. The monoisotopic (exact) mass is 446 g/mol. The molecule has 3 aromatic carbocycles.